The van der Waals surface area contributed by atoms with Crippen molar-refractivity contribution in [3.8, 4) is 0 Å². The fraction of sp³-hybridized carbons (Fsp3) is 0.577. The molecule has 0 saturated heterocycles. The monoisotopic (exact) mass is 569 g/mol. The number of sulfonamides is 1. The van der Waals surface area contributed by atoms with E-state index in [-0.39, 0.29) is 29.8 Å². The third kappa shape index (κ3) is 6.30. The Labute approximate surface area is 223 Å². The summed E-state index contributed by atoms with van der Waals surface area (Å²) in [6.45, 7) is 2.04. The third-order valence-electron chi connectivity index (χ3n) is 7.16. The molecule has 2 unspecified atom stereocenters. The number of unbranched alkanes of at least 4 members (excludes halogenated alkanes) is 2. The summed E-state index contributed by atoms with van der Waals surface area (Å²) in [5, 5.41) is 14.3. The van der Waals surface area contributed by atoms with Crippen LogP contribution in [0.1, 0.15) is 74.5 Å². The number of hydrogen-bond donors (Lipinski definition) is 2. The molecular formula is C26H36FN3O6S2. The molecule has 2 heterocycles. The molecule has 0 aliphatic heterocycles. The number of pyridine rings is 1. The molecule has 210 valence electrons. The van der Waals surface area contributed by atoms with Crippen LogP contribution in [0.3, 0.4) is 0 Å². The summed E-state index contributed by atoms with van der Waals surface area (Å²) < 4.78 is 69.9. The van der Waals surface area contributed by atoms with E-state index in [1.165, 1.54) is 22.7 Å². The van der Waals surface area contributed by atoms with Gasteiger partial charge in [0.15, 0.2) is 0 Å². The lowest BCUT2D eigenvalue weighted by Gasteiger charge is -2.26. The van der Waals surface area contributed by atoms with Crippen molar-refractivity contribution >= 4 is 36.8 Å². The lowest BCUT2D eigenvalue weighted by atomic mass is 9.79. The fourth-order valence-electron chi connectivity index (χ4n) is 4.88. The maximum Gasteiger partial charge on any atom is 0.233 e. The minimum absolute atomic E-state index is 0.0570. The number of aromatic nitrogens is 1. The van der Waals surface area contributed by atoms with Gasteiger partial charge in [0.2, 0.25) is 15.7 Å². The van der Waals surface area contributed by atoms with Crippen molar-refractivity contribution in [3.63, 3.8) is 0 Å². The summed E-state index contributed by atoms with van der Waals surface area (Å²) in [5.41, 5.74) is 0.725. The summed E-state index contributed by atoms with van der Waals surface area (Å²) in [6, 6.07) is 1.87. The van der Waals surface area contributed by atoms with Crippen LogP contribution in [-0.4, -0.2) is 58.8 Å². The number of furan rings is 1. The minimum atomic E-state index is -3.70. The van der Waals surface area contributed by atoms with Crippen LogP contribution in [0.2, 0.25) is 0 Å². The van der Waals surface area contributed by atoms with Crippen molar-refractivity contribution in [1.82, 2.24) is 10.3 Å². The Hall–Kier alpha value is -2.28. The Kier molecular flexibility index (Phi) is 8.09. The largest absolute Gasteiger partial charge is 0.441 e. The Morgan fingerprint density at radius 3 is 2.50 bits per heavy atom. The summed E-state index contributed by atoms with van der Waals surface area (Å²) in [4.78, 5) is 4.71. The van der Waals surface area contributed by atoms with Gasteiger partial charge in [-0.15, -0.1) is 0 Å². The first-order valence-electron chi connectivity index (χ1n) is 12.8. The summed E-state index contributed by atoms with van der Waals surface area (Å²) in [5.74, 6) is 0.586. The number of aliphatic hydroxyl groups excluding tert-OH is 1. The quantitative estimate of drug-likeness (QED) is 0.290. The molecule has 0 spiro atoms. The molecule has 0 aromatic carbocycles. The van der Waals surface area contributed by atoms with E-state index >= 15 is 0 Å². The SMILES string of the molecule is CNC(O)c1c(C2(C)C=CC(F)=CC2)oc2nc(N(CCCCCS(C)(=O)=O)S(C)(=O)=O)c(C3CC3)cc12. The van der Waals surface area contributed by atoms with Crippen LogP contribution in [0.5, 0.6) is 0 Å². The van der Waals surface area contributed by atoms with Gasteiger partial charge in [0, 0.05) is 34.9 Å². The van der Waals surface area contributed by atoms with Gasteiger partial charge in [0.1, 0.15) is 33.5 Å². The lowest BCUT2D eigenvalue weighted by Crippen LogP contribution is -2.32. The maximum absolute atomic E-state index is 13.8. The van der Waals surface area contributed by atoms with E-state index in [1.54, 1.807) is 13.1 Å². The van der Waals surface area contributed by atoms with Crippen molar-refractivity contribution in [2.75, 3.05) is 36.2 Å². The molecule has 38 heavy (non-hydrogen) atoms. The molecule has 2 atom stereocenters. The van der Waals surface area contributed by atoms with Crippen molar-refractivity contribution < 1.29 is 30.7 Å². The second-order valence-electron chi connectivity index (χ2n) is 10.6. The Bertz CT molecular complexity index is 1480. The van der Waals surface area contributed by atoms with Gasteiger partial charge in [-0.05, 0) is 75.8 Å². The van der Waals surface area contributed by atoms with Crippen molar-refractivity contribution in [2.24, 2.45) is 0 Å². The number of nitrogens with zero attached hydrogens (tertiary/aromatic N) is 2. The number of anilines is 1. The zero-order chi connectivity index (χ0) is 27.9. The van der Waals surface area contributed by atoms with Crippen LogP contribution >= 0.6 is 0 Å². The predicted octanol–water partition coefficient (Wildman–Crippen LogP) is 3.97. The summed E-state index contributed by atoms with van der Waals surface area (Å²) in [6.07, 6.45) is 9.36. The highest BCUT2D eigenvalue weighted by Gasteiger charge is 2.38. The highest BCUT2D eigenvalue weighted by molar-refractivity contribution is 7.92. The normalized spacial score (nSPS) is 21.1. The number of hydrogen-bond acceptors (Lipinski definition) is 8. The zero-order valence-electron chi connectivity index (χ0n) is 22.2. The number of allylic oxidation sites excluding steroid dienone is 4. The van der Waals surface area contributed by atoms with E-state index < -0.39 is 31.5 Å². The van der Waals surface area contributed by atoms with Crippen LogP contribution in [0.15, 0.2) is 34.5 Å². The fourth-order valence-corrected chi connectivity index (χ4v) is 6.53. The van der Waals surface area contributed by atoms with Gasteiger partial charge in [-0.3, -0.25) is 9.62 Å². The standard InChI is InChI=1S/C26H36FN3O6S2/c1-26(12-10-18(27)11-13-26)22-21(24(31)28-2)20-16-19(17-8-9-17)23(29-25(20)36-22)30(38(4,34)35)14-6-5-7-15-37(3,32)33/h10-12,16-17,24,28,31H,5-9,13-15H2,1-4H3. The average Bonchev–Trinajstić information content (AvgIpc) is 3.60. The van der Waals surface area contributed by atoms with Crippen LogP contribution in [0.4, 0.5) is 10.2 Å². The van der Waals surface area contributed by atoms with Gasteiger partial charge in [-0.2, -0.15) is 4.98 Å². The number of halogens is 1. The molecule has 1 fully saturated rings. The molecule has 0 amide bonds. The third-order valence-corrected chi connectivity index (χ3v) is 9.34. The molecule has 2 aromatic heterocycles. The number of rotatable bonds is 12. The average molecular weight is 570 g/mol. The Balaban J connectivity index is 1.78. The van der Waals surface area contributed by atoms with Gasteiger partial charge in [0.25, 0.3) is 0 Å². The smallest absolute Gasteiger partial charge is 0.233 e. The lowest BCUT2D eigenvalue weighted by molar-refractivity contribution is 0.146. The predicted molar refractivity (Wildman–Crippen MR) is 146 cm³/mol. The second kappa shape index (κ2) is 10.7. The molecule has 2 aromatic rings. The molecule has 12 heteroatoms. The molecular weight excluding hydrogens is 533 g/mol. The highest BCUT2D eigenvalue weighted by atomic mass is 32.2. The molecule has 4 rings (SSSR count). The summed E-state index contributed by atoms with van der Waals surface area (Å²) >= 11 is 0. The number of sulfone groups is 1. The molecule has 0 radical (unpaired) electrons. The van der Waals surface area contributed by atoms with E-state index in [2.05, 4.69) is 5.32 Å². The van der Waals surface area contributed by atoms with E-state index in [4.69, 9.17) is 9.40 Å². The van der Waals surface area contributed by atoms with Gasteiger partial charge in [0.05, 0.1) is 6.26 Å². The first-order valence-corrected chi connectivity index (χ1v) is 16.7. The molecule has 0 bridgehead atoms. The van der Waals surface area contributed by atoms with E-state index in [0.29, 0.717) is 48.2 Å². The van der Waals surface area contributed by atoms with Gasteiger partial charge in [-0.25, -0.2) is 21.2 Å². The number of nitrogens with one attached hydrogen (secondary N) is 1. The first kappa shape index (κ1) is 28.7. The Morgan fingerprint density at radius 1 is 1.24 bits per heavy atom. The van der Waals surface area contributed by atoms with Crippen LogP contribution in [-0.2, 0) is 25.3 Å². The van der Waals surface area contributed by atoms with Gasteiger partial charge < -0.3 is 9.52 Å². The second-order valence-corrected chi connectivity index (χ2v) is 14.8. The topological polar surface area (TPSA) is 130 Å². The molecule has 2 aliphatic rings. The molecule has 9 nitrogen and oxygen atoms in total. The van der Waals surface area contributed by atoms with E-state index in [9.17, 15) is 26.3 Å². The highest BCUT2D eigenvalue weighted by Crippen LogP contribution is 2.48. The summed E-state index contributed by atoms with van der Waals surface area (Å²) in [7, 11) is -5.17. The first-order chi connectivity index (χ1) is 17.7. The van der Waals surface area contributed by atoms with E-state index in [0.717, 1.165) is 24.7 Å². The zero-order valence-corrected chi connectivity index (χ0v) is 23.8. The molecule has 2 aliphatic carbocycles. The molecule has 1 saturated carbocycles. The minimum Gasteiger partial charge on any atom is -0.441 e. The number of aliphatic hydroxyl groups is 1. The van der Waals surface area contributed by atoms with E-state index in [1.807, 2.05) is 13.0 Å². The van der Waals surface area contributed by atoms with Crippen molar-refractivity contribution in [1.29, 1.82) is 0 Å². The van der Waals surface area contributed by atoms with Crippen LogP contribution < -0.4 is 9.62 Å². The van der Waals surface area contributed by atoms with Crippen molar-refractivity contribution in [3.05, 3.63) is 47.0 Å². The van der Waals surface area contributed by atoms with Gasteiger partial charge >= 0.3 is 0 Å². The van der Waals surface area contributed by atoms with Crippen LogP contribution in [0.25, 0.3) is 11.1 Å². The van der Waals surface area contributed by atoms with Gasteiger partial charge in [-0.1, -0.05) is 12.5 Å². The number of fused-ring (bicyclic) bond motifs is 1. The maximum atomic E-state index is 13.8. The molecule has 2 N–H and O–H groups in total. The Morgan fingerprint density at radius 2 is 1.95 bits per heavy atom. The van der Waals surface area contributed by atoms with Crippen LogP contribution in [0, 0.1) is 0 Å². The van der Waals surface area contributed by atoms with Crippen molar-refractivity contribution in [2.45, 2.75) is 63.0 Å².